The van der Waals surface area contributed by atoms with Gasteiger partial charge in [0.15, 0.2) is 0 Å². The number of carbonyl (C=O) groups is 3. The molecule has 3 amide bonds. The molecule has 9 nitrogen and oxygen atoms in total. The molecule has 37 heavy (non-hydrogen) atoms. The molecule has 0 aliphatic rings. The van der Waals surface area contributed by atoms with Gasteiger partial charge in [-0.1, -0.05) is 32.4 Å². The van der Waals surface area contributed by atoms with Crippen LogP contribution in [0.5, 0.6) is 11.5 Å². The van der Waals surface area contributed by atoms with Crippen molar-refractivity contribution in [1.82, 2.24) is 10.2 Å². The standard InChI is InChI=1S/C28H35N3O6/c1-8-31(26(34)23(16-18(2)3)30-27(35)37-28(4,5)6)24(19-10-9-11-21(32)17-19)25(33)29-20-12-14-22(36-7)15-13-20/h1,9-15,17-18,23-24,32H,16H2,2-7H3,(H,29,33)(H,30,35). The van der Waals surface area contributed by atoms with Crippen LogP contribution in [0, 0.1) is 18.4 Å². The first-order chi connectivity index (χ1) is 17.3. The van der Waals surface area contributed by atoms with E-state index in [1.54, 1.807) is 57.2 Å². The highest BCUT2D eigenvalue weighted by molar-refractivity contribution is 5.99. The van der Waals surface area contributed by atoms with Crippen molar-refractivity contribution in [1.29, 1.82) is 0 Å². The summed E-state index contributed by atoms with van der Waals surface area (Å²) in [6, 6.07) is 12.5. The van der Waals surface area contributed by atoms with Gasteiger partial charge in [-0.05, 0) is 75.1 Å². The number of alkyl carbamates (subject to hydrolysis) is 1. The second-order valence-electron chi connectivity index (χ2n) is 9.88. The third-order valence-electron chi connectivity index (χ3n) is 5.12. The normalized spacial score (nSPS) is 12.6. The maximum atomic E-state index is 13.7. The summed E-state index contributed by atoms with van der Waals surface area (Å²) in [5, 5.41) is 15.4. The third-order valence-corrected chi connectivity index (χ3v) is 5.12. The summed E-state index contributed by atoms with van der Waals surface area (Å²) in [5.41, 5.74) is -0.0345. The molecule has 2 aromatic carbocycles. The topological polar surface area (TPSA) is 117 Å². The van der Waals surface area contributed by atoms with Crippen LogP contribution in [-0.2, 0) is 14.3 Å². The number of rotatable bonds is 9. The zero-order valence-corrected chi connectivity index (χ0v) is 22.1. The molecule has 0 fully saturated rings. The predicted molar refractivity (Wildman–Crippen MR) is 141 cm³/mol. The minimum Gasteiger partial charge on any atom is -0.508 e. The number of hydrogen-bond donors (Lipinski definition) is 3. The summed E-state index contributed by atoms with van der Waals surface area (Å²) in [6.45, 7) is 8.91. The molecule has 0 saturated heterocycles. The highest BCUT2D eigenvalue weighted by Gasteiger charge is 2.36. The maximum Gasteiger partial charge on any atom is 0.408 e. The Balaban J connectivity index is 2.44. The number of nitrogens with one attached hydrogen (secondary N) is 2. The number of anilines is 1. The first-order valence-electron chi connectivity index (χ1n) is 11.9. The Morgan fingerprint density at radius 1 is 1.11 bits per heavy atom. The molecule has 0 heterocycles. The smallest absolute Gasteiger partial charge is 0.408 e. The molecule has 2 rings (SSSR count). The molecule has 0 aliphatic carbocycles. The highest BCUT2D eigenvalue weighted by atomic mass is 16.6. The van der Waals surface area contributed by atoms with E-state index in [1.165, 1.54) is 19.2 Å². The molecule has 2 unspecified atom stereocenters. The van der Waals surface area contributed by atoms with Crippen molar-refractivity contribution < 1.29 is 29.0 Å². The van der Waals surface area contributed by atoms with Gasteiger partial charge < -0.3 is 25.2 Å². The van der Waals surface area contributed by atoms with Crippen LogP contribution in [0.1, 0.15) is 52.6 Å². The summed E-state index contributed by atoms with van der Waals surface area (Å²) >= 11 is 0. The number of methoxy groups -OCH3 is 1. The van der Waals surface area contributed by atoms with Crippen LogP contribution < -0.4 is 15.4 Å². The monoisotopic (exact) mass is 509 g/mol. The molecular formula is C28H35N3O6. The van der Waals surface area contributed by atoms with Crippen molar-refractivity contribution >= 4 is 23.6 Å². The van der Waals surface area contributed by atoms with Gasteiger partial charge in [-0.15, -0.1) is 0 Å². The van der Waals surface area contributed by atoms with Crippen LogP contribution in [0.4, 0.5) is 10.5 Å². The molecular weight excluding hydrogens is 474 g/mol. The summed E-state index contributed by atoms with van der Waals surface area (Å²) in [6.07, 6.45) is 5.25. The van der Waals surface area contributed by atoms with Gasteiger partial charge in [0.25, 0.3) is 11.8 Å². The number of aromatic hydroxyl groups is 1. The van der Waals surface area contributed by atoms with Crippen molar-refractivity contribution in [2.45, 2.75) is 58.7 Å². The number of benzene rings is 2. The molecule has 0 aliphatic heterocycles. The number of amides is 3. The molecule has 2 atom stereocenters. The predicted octanol–water partition coefficient (Wildman–Crippen LogP) is 4.44. The summed E-state index contributed by atoms with van der Waals surface area (Å²) in [4.78, 5) is 40.6. The Morgan fingerprint density at radius 2 is 1.76 bits per heavy atom. The molecule has 2 aromatic rings. The minimum absolute atomic E-state index is 0.0101. The SMILES string of the molecule is C#CN(C(=O)C(CC(C)C)NC(=O)OC(C)(C)C)C(C(=O)Nc1ccc(OC)cc1)c1cccc(O)c1. The fourth-order valence-electron chi connectivity index (χ4n) is 3.57. The van der Waals surface area contributed by atoms with Crippen LogP contribution in [0.2, 0.25) is 0 Å². The van der Waals surface area contributed by atoms with E-state index in [-0.39, 0.29) is 23.7 Å². The second kappa shape index (κ2) is 12.7. The highest BCUT2D eigenvalue weighted by Crippen LogP contribution is 2.27. The average molecular weight is 510 g/mol. The van der Waals surface area contributed by atoms with Gasteiger partial charge in [-0.2, -0.15) is 0 Å². The number of carbonyl (C=O) groups excluding carboxylic acids is 3. The summed E-state index contributed by atoms with van der Waals surface area (Å²) in [7, 11) is 1.53. The summed E-state index contributed by atoms with van der Waals surface area (Å²) in [5.74, 6) is -0.763. The van der Waals surface area contributed by atoms with Gasteiger partial charge in [0, 0.05) is 11.7 Å². The lowest BCUT2D eigenvalue weighted by Gasteiger charge is -2.31. The van der Waals surface area contributed by atoms with E-state index in [0.717, 1.165) is 4.90 Å². The van der Waals surface area contributed by atoms with Crippen molar-refractivity contribution in [2.75, 3.05) is 12.4 Å². The lowest BCUT2D eigenvalue weighted by atomic mass is 9.99. The minimum atomic E-state index is -1.30. The molecule has 0 saturated carbocycles. The van der Waals surface area contributed by atoms with E-state index in [4.69, 9.17) is 15.9 Å². The first-order valence-corrected chi connectivity index (χ1v) is 11.9. The Hall–Kier alpha value is -4.19. The number of hydrogen-bond acceptors (Lipinski definition) is 6. The van der Waals surface area contributed by atoms with E-state index in [2.05, 4.69) is 16.7 Å². The Labute approximate surface area is 218 Å². The first kappa shape index (κ1) is 29.0. The third kappa shape index (κ3) is 8.76. The average Bonchev–Trinajstić information content (AvgIpc) is 2.80. The fourth-order valence-corrected chi connectivity index (χ4v) is 3.57. The Kier molecular flexibility index (Phi) is 9.95. The zero-order chi connectivity index (χ0) is 27.8. The van der Waals surface area contributed by atoms with Gasteiger partial charge in [0.1, 0.15) is 29.2 Å². The molecule has 0 aromatic heterocycles. The van der Waals surface area contributed by atoms with Crippen molar-refractivity contribution in [3.8, 4) is 24.0 Å². The van der Waals surface area contributed by atoms with Gasteiger partial charge >= 0.3 is 6.09 Å². The maximum absolute atomic E-state index is 13.7. The molecule has 9 heteroatoms. The lowest BCUT2D eigenvalue weighted by Crippen LogP contribution is -2.51. The van der Waals surface area contributed by atoms with Gasteiger partial charge in [0.05, 0.1) is 7.11 Å². The van der Waals surface area contributed by atoms with Crippen molar-refractivity contribution in [2.24, 2.45) is 5.92 Å². The number of phenols is 1. The number of ether oxygens (including phenoxy) is 2. The number of phenolic OH excluding ortho intramolecular Hbond substituents is 1. The van der Waals surface area contributed by atoms with Crippen LogP contribution in [0.15, 0.2) is 48.5 Å². The second-order valence-corrected chi connectivity index (χ2v) is 9.88. The molecule has 0 radical (unpaired) electrons. The quantitative estimate of drug-likeness (QED) is 0.340. The van der Waals surface area contributed by atoms with Crippen LogP contribution in [0.3, 0.4) is 0 Å². The number of nitrogens with zero attached hydrogens (tertiary/aromatic N) is 1. The van der Waals surface area contributed by atoms with E-state index >= 15 is 0 Å². The van der Waals surface area contributed by atoms with Crippen LogP contribution >= 0.6 is 0 Å². The van der Waals surface area contributed by atoms with Gasteiger partial charge in [0.2, 0.25) is 0 Å². The summed E-state index contributed by atoms with van der Waals surface area (Å²) < 4.78 is 10.5. The van der Waals surface area contributed by atoms with E-state index < -0.39 is 35.6 Å². The van der Waals surface area contributed by atoms with E-state index in [9.17, 15) is 19.5 Å². The lowest BCUT2D eigenvalue weighted by molar-refractivity contribution is -0.137. The van der Waals surface area contributed by atoms with Gasteiger partial charge in [-0.25, -0.2) is 4.79 Å². The van der Waals surface area contributed by atoms with Crippen LogP contribution in [-0.4, -0.2) is 46.7 Å². The Morgan fingerprint density at radius 3 is 2.27 bits per heavy atom. The van der Waals surface area contributed by atoms with Crippen molar-refractivity contribution in [3.63, 3.8) is 0 Å². The molecule has 0 bridgehead atoms. The van der Waals surface area contributed by atoms with Crippen LogP contribution in [0.25, 0.3) is 0 Å². The van der Waals surface area contributed by atoms with E-state index in [0.29, 0.717) is 11.4 Å². The van der Waals surface area contributed by atoms with E-state index in [1.807, 2.05) is 13.8 Å². The Bertz CT molecular complexity index is 1130. The van der Waals surface area contributed by atoms with Gasteiger partial charge in [-0.3, -0.25) is 14.5 Å². The molecule has 198 valence electrons. The fraction of sp³-hybridized carbons (Fsp3) is 0.393. The number of terminal acetylenes is 1. The molecule has 3 N–H and O–H groups in total. The largest absolute Gasteiger partial charge is 0.508 e. The van der Waals surface area contributed by atoms with Crippen molar-refractivity contribution in [3.05, 3.63) is 54.1 Å². The molecule has 0 spiro atoms. The zero-order valence-electron chi connectivity index (χ0n) is 22.1.